The van der Waals surface area contributed by atoms with E-state index in [1.54, 1.807) is 29.4 Å². The van der Waals surface area contributed by atoms with Crippen LogP contribution in [0.1, 0.15) is 22.3 Å². The average Bonchev–Trinajstić information content (AvgIpc) is 2.77. The summed E-state index contributed by atoms with van der Waals surface area (Å²) in [5.41, 5.74) is 2.51. The summed E-state index contributed by atoms with van der Waals surface area (Å²) < 4.78 is 6.56. The maximum absolute atomic E-state index is 12.8. The summed E-state index contributed by atoms with van der Waals surface area (Å²) >= 11 is 0. The van der Waals surface area contributed by atoms with Crippen molar-refractivity contribution in [2.75, 3.05) is 44.8 Å². The SMILES string of the molecule is CNC(=O)n1ccc(N2CCCc3cc(C(=O)N4CCOCC4)cnc32)cc1=N. The Kier molecular flexibility index (Phi) is 5.30. The van der Waals surface area contributed by atoms with E-state index in [2.05, 4.69) is 10.3 Å². The van der Waals surface area contributed by atoms with Crippen molar-refractivity contribution in [3.8, 4) is 0 Å². The van der Waals surface area contributed by atoms with E-state index in [1.165, 1.54) is 11.6 Å². The third-order valence-electron chi connectivity index (χ3n) is 5.25. The normalized spacial score (nSPS) is 16.3. The molecule has 2 aromatic heterocycles. The van der Waals surface area contributed by atoms with Crippen molar-refractivity contribution in [3.63, 3.8) is 0 Å². The number of hydrogen-bond acceptors (Lipinski definition) is 6. The number of carbonyl (C=O) groups excluding carboxylic acids is 2. The minimum atomic E-state index is -0.356. The summed E-state index contributed by atoms with van der Waals surface area (Å²) in [4.78, 5) is 33.0. The van der Waals surface area contributed by atoms with Crippen molar-refractivity contribution in [3.05, 3.63) is 47.2 Å². The van der Waals surface area contributed by atoms with Gasteiger partial charge in [-0.1, -0.05) is 0 Å². The number of aromatic nitrogens is 2. The van der Waals surface area contributed by atoms with Crippen LogP contribution >= 0.6 is 0 Å². The summed E-state index contributed by atoms with van der Waals surface area (Å²) in [7, 11) is 1.53. The van der Waals surface area contributed by atoms with Gasteiger partial charge in [-0.3, -0.25) is 14.8 Å². The van der Waals surface area contributed by atoms with Crippen LogP contribution in [-0.4, -0.2) is 66.3 Å². The van der Waals surface area contributed by atoms with Crippen molar-refractivity contribution in [2.24, 2.45) is 0 Å². The van der Waals surface area contributed by atoms with Gasteiger partial charge in [0.1, 0.15) is 11.3 Å². The maximum Gasteiger partial charge on any atom is 0.326 e. The fraction of sp³-hybridized carbons (Fsp3) is 0.400. The molecule has 1 fully saturated rings. The first-order valence-corrected chi connectivity index (χ1v) is 9.71. The molecule has 152 valence electrons. The van der Waals surface area contributed by atoms with Gasteiger partial charge in [0.25, 0.3) is 5.91 Å². The molecule has 0 aromatic carbocycles. The van der Waals surface area contributed by atoms with E-state index in [1.807, 2.05) is 11.0 Å². The Hall–Kier alpha value is -3.20. The zero-order chi connectivity index (χ0) is 20.4. The van der Waals surface area contributed by atoms with Crippen LogP contribution in [-0.2, 0) is 11.2 Å². The molecule has 9 heteroatoms. The molecule has 2 aliphatic rings. The number of hydrogen-bond donors (Lipinski definition) is 2. The lowest BCUT2D eigenvalue weighted by molar-refractivity contribution is 0.0302. The van der Waals surface area contributed by atoms with Crippen LogP contribution in [0.5, 0.6) is 0 Å². The number of anilines is 2. The first-order chi connectivity index (χ1) is 14.1. The fourth-order valence-corrected chi connectivity index (χ4v) is 3.74. The zero-order valence-corrected chi connectivity index (χ0v) is 16.4. The van der Waals surface area contributed by atoms with Gasteiger partial charge in [0, 0.05) is 50.8 Å². The van der Waals surface area contributed by atoms with Crippen molar-refractivity contribution in [1.82, 2.24) is 19.8 Å². The topological polar surface area (TPSA) is 104 Å². The Morgan fingerprint density at radius 1 is 1.21 bits per heavy atom. The lowest BCUT2D eigenvalue weighted by Crippen LogP contribution is -2.40. The molecule has 0 atom stereocenters. The van der Waals surface area contributed by atoms with Crippen LogP contribution < -0.4 is 15.7 Å². The molecular weight excluding hydrogens is 372 g/mol. The van der Waals surface area contributed by atoms with Crippen molar-refractivity contribution in [2.45, 2.75) is 12.8 Å². The Morgan fingerprint density at radius 2 is 2.00 bits per heavy atom. The van der Waals surface area contributed by atoms with Gasteiger partial charge in [0.2, 0.25) is 0 Å². The number of nitrogens with zero attached hydrogens (tertiary/aromatic N) is 4. The molecule has 4 rings (SSSR count). The number of pyridine rings is 2. The molecule has 1 saturated heterocycles. The highest BCUT2D eigenvalue weighted by Crippen LogP contribution is 2.31. The van der Waals surface area contributed by atoms with Crippen LogP contribution in [0.2, 0.25) is 0 Å². The number of ether oxygens (including phenoxy) is 1. The number of nitrogens with one attached hydrogen (secondary N) is 2. The standard InChI is InChI=1S/C20H24N6O3/c1-22-20(28)26-6-4-16(12-17(26)21)25-5-2-3-14-11-15(13-23-18(14)25)19(27)24-7-9-29-10-8-24/h4,6,11-13,21H,2-3,5,7-10H2,1H3,(H,22,28). The van der Waals surface area contributed by atoms with Crippen molar-refractivity contribution in [1.29, 1.82) is 5.41 Å². The molecular formula is C20H24N6O3. The second-order valence-electron chi connectivity index (χ2n) is 7.06. The molecule has 0 spiro atoms. The fourth-order valence-electron chi connectivity index (χ4n) is 3.74. The highest BCUT2D eigenvalue weighted by molar-refractivity contribution is 5.94. The maximum atomic E-state index is 12.8. The van der Waals surface area contributed by atoms with E-state index in [4.69, 9.17) is 10.1 Å². The number of rotatable bonds is 2. The van der Waals surface area contributed by atoms with E-state index in [-0.39, 0.29) is 17.4 Å². The molecule has 2 amide bonds. The molecule has 2 aliphatic heterocycles. The van der Waals surface area contributed by atoms with Gasteiger partial charge in [0.05, 0.1) is 18.8 Å². The van der Waals surface area contributed by atoms with E-state index in [0.717, 1.165) is 36.5 Å². The van der Waals surface area contributed by atoms with Gasteiger partial charge in [0.15, 0.2) is 0 Å². The Labute approximate surface area is 168 Å². The second kappa shape index (κ2) is 8.04. The summed E-state index contributed by atoms with van der Waals surface area (Å²) in [6.45, 7) is 3.10. The van der Waals surface area contributed by atoms with Crippen LogP contribution in [0.3, 0.4) is 0 Å². The molecule has 0 aliphatic carbocycles. The predicted molar refractivity (Wildman–Crippen MR) is 106 cm³/mol. The molecule has 9 nitrogen and oxygen atoms in total. The van der Waals surface area contributed by atoms with E-state index in [9.17, 15) is 9.59 Å². The summed E-state index contributed by atoms with van der Waals surface area (Å²) in [5.74, 6) is 0.785. The summed E-state index contributed by atoms with van der Waals surface area (Å²) in [6.07, 6.45) is 4.98. The quantitative estimate of drug-likeness (QED) is 0.791. The van der Waals surface area contributed by atoms with Crippen LogP contribution in [0.15, 0.2) is 30.6 Å². The highest BCUT2D eigenvalue weighted by Gasteiger charge is 2.24. The first-order valence-electron chi connectivity index (χ1n) is 9.71. The smallest absolute Gasteiger partial charge is 0.326 e. The number of aryl methyl sites for hydroxylation is 1. The van der Waals surface area contributed by atoms with Gasteiger partial charge < -0.3 is 19.9 Å². The lowest BCUT2D eigenvalue weighted by atomic mass is 10.0. The largest absolute Gasteiger partial charge is 0.378 e. The summed E-state index contributed by atoms with van der Waals surface area (Å²) in [5, 5.41) is 10.7. The second-order valence-corrected chi connectivity index (χ2v) is 7.06. The lowest BCUT2D eigenvalue weighted by Gasteiger charge is -2.31. The van der Waals surface area contributed by atoms with Crippen LogP contribution in [0.25, 0.3) is 0 Å². The Bertz CT molecular complexity index is 996. The van der Waals surface area contributed by atoms with Gasteiger partial charge >= 0.3 is 6.03 Å². The van der Waals surface area contributed by atoms with Crippen LogP contribution in [0.4, 0.5) is 16.3 Å². The molecule has 0 unspecified atom stereocenters. The highest BCUT2D eigenvalue weighted by atomic mass is 16.5. The van der Waals surface area contributed by atoms with E-state index < -0.39 is 0 Å². The monoisotopic (exact) mass is 396 g/mol. The molecule has 2 aromatic rings. The minimum Gasteiger partial charge on any atom is -0.378 e. The van der Waals surface area contributed by atoms with Crippen molar-refractivity contribution >= 4 is 23.4 Å². The van der Waals surface area contributed by atoms with Gasteiger partial charge in [-0.15, -0.1) is 0 Å². The molecule has 4 heterocycles. The van der Waals surface area contributed by atoms with E-state index in [0.29, 0.717) is 31.9 Å². The minimum absolute atomic E-state index is 0.0134. The molecule has 0 saturated carbocycles. The average molecular weight is 396 g/mol. The number of fused-ring (bicyclic) bond motifs is 1. The van der Waals surface area contributed by atoms with Gasteiger partial charge in [-0.05, 0) is 30.5 Å². The Balaban J connectivity index is 1.62. The molecule has 0 radical (unpaired) electrons. The molecule has 0 bridgehead atoms. The predicted octanol–water partition coefficient (Wildman–Crippen LogP) is 1.11. The third kappa shape index (κ3) is 3.73. The number of carbonyl (C=O) groups is 2. The molecule has 29 heavy (non-hydrogen) atoms. The first kappa shape index (κ1) is 19.1. The van der Waals surface area contributed by atoms with Gasteiger partial charge in [-0.25, -0.2) is 9.78 Å². The molecule has 2 N–H and O–H groups in total. The van der Waals surface area contributed by atoms with Crippen molar-refractivity contribution < 1.29 is 14.3 Å². The number of morpholine rings is 1. The summed E-state index contributed by atoms with van der Waals surface area (Å²) in [6, 6.07) is 5.03. The van der Waals surface area contributed by atoms with E-state index >= 15 is 0 Å². The van der Waals surface area contributed by atoms with Crippen LogP contribution in [0, 0.1) is 5.41 Å². The third-order valence-corrected chi connectivity index (χ3v) is 5.25. The van der Waals surface area contributed by atoms with Gasteiger partial charge in [-0.2, -0.15) is 0 Å². The Morgan fingerprint density at radius 3 is 2.72 bits per heavy atom. The number of amides is 2. The zero-order valence-electron chi connectivity index (χ0n) is 16.4.